The zero-order chi connectivity index (χ0) is 23.5. The number of ether oxygens (including phenoxy) is 1. The van der Waals surface area contributed by atoms with Crippen LogP contribution in [0.25, 0.3) is 10.2 Å². The summed E-state index contributed by atoms with van der Waals surface area (Å²) in [6.07, 6.45) is -4.53. The molecule has 3 aromatic rings. The summed E-state index contributed by atoms with van der Waals surface area (Å²) in [4.78, 5) is 21.7. The van der Waals surface area contributed by atoms with Crippen LogP contribution in [0.15, 0.2) is 36.4 Å². The average Bonchev–Trinajstić information content (AvgIpc) is 3.22. The topological polar surface area (TPSA) is 45.7 Å². The fourth-order valence-electron chi connectivity index (χ4n) is 3.43. The van der Waals surface area contributed by atoms with Gasteiger partial charge in [0.1, 0.15) is 11.3 Å². The van der Waals surface area contributed by atoms with E-state index in [1.807, 2.05) is 32.9 Å². The van der Waals surface area contributed by atoms with Crippen molar-refractivity contribution in [3.05, 3.63) is 53.1 Å². The first-order chi connectivity index (χ1) is 15.2. The number of thiazole rings is 1. The lowest BCUT2D eigenvalue weighted by Gasteiger charge is -2.25. The highest BCUT2D eigenvalue weighted by atomic mass is 35.5. The summed E-state index contributed by atoms with van der Waals surface area (Å²) >= 11 is 1.33. The maximum atomic E-state index is 13.4. The van der Waals surface area contributed by atoms with Crippen molar-refractivity contribution in [2.24, 2.45) is 0 Å². The number of hydrogen-bond donors (Lipinski definition) is 0. The molecule has 0 atom stereocenters. The third-order valence-corrected chi connectivity index (χ3v) is 6.57. The largest absolute Gasteiger partial charge is 0.494 e. The molecule has 0 unspecified atom stereocenters. The second-order valence-corrected chi connectivity index (χ2v) is 8.30. The zero-order valence-corrected chi connectivity index (χ0v) is 20.5. The molecular weight excluding hydrogens is 475 g/mol. The van der Waals surface area contributed by atoms with Crippen LogP contribution in [0.3, 0.4) is 0 Å². The van der Waals surface area contributed by atoms with Crippen LogP contribution in [0.1, 0.15) is 35.3 Å². The van der Waals surface area contributed by atoms with Gasteiger partial charge in [-0.2, -0.15) is 13.2 Å². The van der Waals surface area contributed by atoms with Crippen molar-refractivity contribution < 1.29 is 22.7 Å². The first kappa shape index (κ1) is 26.9. The van der Waals surface area contributed by atoms with Crippen molar-refractivity contribution in [2.75, 3.05) is 38.2 Å². The Morgan fingerprint density at radius 1 is 1.12 bits per heavy atom. The molecule has 0 fully saturated rings. The molecule has 1 heterocycles. The second-order valence-electron chi connectivity index (χ2n) is 7.32. The molecule has 0 aliphatic rings. The van der Waals surface area contributed by atoms with E-state index < -0.39 is 17.6 Å². The Labute approximate surface area is 201 Å². The monoisotopic (exact) mass is 501 g/mol. The molecule has 5 nitrogen and oxygen atoms in total. The Bertz CT molecular complexity index is 1100. The number of anilines is 1. The summed E-state index contributed by atoms with van der Waals surface area (Å²) in [6, 6.07) is 8.24. The molecule has 1 amide bonds. The molecule has 3 rings (SSSR count). The number of likely N-dealkylation sites (N-methyl/N-ethyl adjacent to an activating group) is 1. The minimum absolute atomic E-state index is 0. The normalized spacial score (nSPS) is 11.5. The molecule has 0 spiro atoms. The lowest BCUT2D eigenvalue weighted by molar-refractivity contribution is -0.137. The number of carbonyl (C=O) groups excluding carboxylic acids is 1. The summed E-state index contributed by atoms with van der Waals surface area (Å²) in [7, 11) is 1.55. The number of halogens is 4. The Hall–Kier alpha value is -2.36. The predicted octanol–water partition coefficient (Wildman–Crippen LogP) is 6.04. The summed E-state index contributed by atoms with van der Waals surface area (Å²) in [5, 5.41) is 0.433. The van der Waals surface area contributed by atoms with Gasteiger partial charge in [-0.1, -0.05) is 37.3 Å². The molecule has 0 aliphatic carbocycles. The van der Waals surface area contributed by atoms with Gasteiger partial charge >= 0.3 is 6.18 Å². The molecule has 0 saturated carbocycles. The third-order valence-electron chi connectivity index (χ3n) is 5.36. The van der Waals surface area contributed by atoms with Crippen molar-refractivity contribution in [3.63, 3.8) is 0 Å². The number of benzene rings is 2. The molecule has 180 valence electrons. The van der Waals surface area contributed by atoms with Crippen LogP contribution in [0.5, 0.6) is 5.75 Å². The number of alkyl halides is 3. The van der Waals surface area contributed by atoms with E-state index in [2.05, 4.69) is 9.88 Å². The summed E-state index contributed by atoms with van der Waals surface area (Å²) in [6.45, 7) is 8.47. The van der Waals surface area contributed by atoms with Gasteiger partial charge in [-0.25, -0.2) is 4.98 Å². The van der Waals surface area contributed by atoms with Gasteiger partial charge in [0.25, 0.3) is 5.91 Å². The number of aromatic nitrogens is 1. The van der Waals surface area contributed by atoms with E-state index in [4.69, 9.17) is 4.74 Å². The quantitative estimate of drug-likeness (QED) is 0.377. The van der Waals surface area contributed by atoms with Gasteiger partial charge in [-0.3, -0.25) is 9.69 Å². The predicted molar refractivity (Wildman–Crippen MR) is 129 cm³/mol. The van der Waals surface area contributed by atoms with Gasteiger partial charge in [0.05, 0.1) is 17.4 Å². The molecule has 0 saturated heterocycles. The number of aryl methyl sites for hydroxylation is 1. The number of methoxy groups -OCH3 is 1. The van der Waals surface area contributed by atoms with Crippen LogP contribution in [0, 0.1) is 6.92 Å². The molecule has 1 aromatic heterocycles. The third kappa shape index (κ3) is 5.96. The molecule has 33 heavy (non-hydrogen) atoms. The Balaban J connectivity index is 0.00000385. The van der Waals surface area contributed by atoms with E-state index in [0.29, 0.717) is 29.5 Å². The smallest absolute Gasteiger partial charge is 0.416 e. The van der Waals surface area contributed by atoms with Gasteiger partial charge in [-0.05, 0) is 49.8 Å². The summed E-state index contributed by atoms with van der Waals surface area (Å²) < 4.78 is 45.9. The first-order valence-electron chi connectivity index (χ1n) is 10.3. The van der Waals surface area contributed by atoms with Gasteiger partial charge in [0.2, 0.25) is 0 Å². The first-order valence-corrected chi connectivity index (χ1v) is 11.2. The van der Waals surface area contributed by atoms with Gasteiger partial charge in [0.15, 0.2) is 5.13 Å². The number of hydrogen-bond acceptors (Lipinski definition) is 5. The Morgan fingerprint density at radius 2 is 1.82 bits per heavy atom. The standard InChI is InChI=1S/C23H26F3N3O2S.ClH/c1-5-28(6-2)12-13-29(21(30)16-8-7-9-17(14-16)23(24,25)26)22-27-19-18(31-4)11-10-15(3)20(19)32-22;/h7-11,14H,5-6,12-13H2,1-4H3;1H. The van der Waals surface area contributed by atoms with Crippen molar-refractivity contribution in [1.29, 1.82) is 0 Å². The molecule has 10 heteroatoms. The molecule has 0 radical (unpaired) electrons. The van der Waals surface area contributed by atoms with E-state index in [0.717, 1.165) is 35.5 Å². The van der Waals surface area contributed by atoms with Crippen LogP contribution in [-0.4, -0.2) is 49.1 Å². The number of amides is 1. The van der Waals surface area contributed by atoms with Crippen molar-refractivity contribution in [2.45, 2.75) is 26.9 Å². The summed E-state index contributed by atoms with van der Waals surface area (Å²) in [5.41, 5.74) is 0.744. The van der Waals surface area contributed by atoms with Crippen LogP contribution >= 0.6 is 23.7 Å². The number of rotatable bonds is 8. The number of nitrogens with zero attached hydrogens (tertiary/aromatic N) is 3. The minimum atomic E-state index is -4.53. The van der Waals surface area contributed by atoms with E-state index in [1.54, 1.807) is 7.11 Å². The maximum Gasteiger partial charge on any atom is 0.416 e. The number of carbonyl (C=O) groups is 1. The molecule has 2 aromatic carbocycles. The van der Waals surface area contributed by atoms with Crippen LogP contribution in [0.2, 0.25) is 0 Å². The van der Waals surface area contributed by atoms with Gasteiger partial charge < -0.3 is 9.64 Å². The Kier molecular flexibility index (Phi) is 9.11. The fourth-order valence-corrected chi connectivity index (χ4v) is 4.50. The van der Waals surface area contributed by atoms with Gasteiger partial charge in [-0.15, -0.1) is 12.4 Å². The van der Waals surface area contributed by atoms with Crippen molar-refractivity contribution in [1.82, 2.24) is 9.88 Å². The molecule has 0 N–H and O–H groups in total. The lowest BCUT2D eigenvalue weighted by atomic mass is 10.1. The van der Waals surface area contributed by atoms with Crippen LogP contribution < -0.4 is 9.64 Å². The SMILES string of the molecule is CCN(CC)CCN(C(=O)c1cccc(C(F)(F)F)c1)c1nc2c(OC)ccc(C)c2s1.Cl. The molecule has 0 aliphatic heterocycles. The van der Waals surface area contributed by atoms with E-state index in [9.17, 15) is 18.0 Å². The highest BCUT2D eigenvalue weighted by molar-refractivity contribution is 7.22. The van der Waals surface area contributed by atoms with E-state index in [1.165, 1.54) is 28.4 Å². The fraction of sp³-hybridized carbons (Fsp3) is 0.391. The van der Waals surface area contributed by atoms with E-state index >= 15 is 0 Å². The van der Waals surface area contributed by atoms with Crippen molar-refractivity contribution >= 4 is 45.0 Å². The minimum Gasteiger partial charge on any atom is -0.494 e. The summed E-state index contributed by atoms with van der Waals surface area (Å²) in [5.74, 6) is 0.0715. The number of fused-ring (bicyclic) bond motifs is 1. The van der Waals surface area contributed by atoms with Crippen LogP contribution in [-0.2, 0) is 6.18 Å². The van der Waals surface area contributed by atoms with Crippen molar-refractivity contribution in [3.8, 4) is 5.75 Å². The highest BCUT2D eigenvalue weighted by Crippen LogP contribution is 2.37. The molecular formula is C23H27ClF3N3O2S. The van der Waals surface area contributed by atoms with E-state index in [-0.39, 0.29) is 18.0 Å². The second kappa shape index (κ2) is 11.2. The Morgan fingerprint density at radius 3 is 2.42 bits per heavy atom. The molecule has 0 bridgehead atoms. The maximum absolute atomic E-state index is 13.4. The van der Waals surface area contributed by atoms with Gasteiger partial charge in [0, 0.05) is 18.7 Å². The zero-order valence-electron chi connectivity index (χ0n) is 18.9. The van der Waals surface area contributed by atoms with Crippen LogP contribution in [0.4, 0.5) is 18.3 Å². The lowest BCUT2D eigenvalue weighted by Crippen LogP contribution is -2.39. The average molecular weight is 502 g/mol. The highest BCUT2D eigenvalue weighted by Gasteiger charge is 2.32.